The molecule has 3 nitrogen and oxygen atoms in total. The molecular formula is C9H14N2O. The lowest BCUT2D eigenvalue weighted by molar-refractivity contribution is 0.475. The van der Waals surface area contributed by atoms with Gasteiger partial charge in [-0.2, -0.15) is 0 Å². The fourth-order valence-corrected chi connectivity index (χ4v) is 1.11. The second-order valence-corrected chi connectivity index (χ2v) is 2.76. The summed E-state index contributed by atoms with van der Waals surface area (Å²) < 4.78 is 0. The summed E-state index contributed by atoms with van der Waals surface area (Å²) in [7, 11) is 0. The van der Waals surface area contributed by atoms with E-state index in [4.69, 9.17) is 16.6 Å². The van der Waals surface area contributed by atoms with E-state index in [0.717, 1.165) is 5.56 Å². The number of rotatable bonds is 3. The third kappa shape index (κ3) is 1.96. The van der Waals surface area contributed by atoms with Crippen molar-refractivity contribution in [1.29, 1.82) is 0 Å². The molecule has 0 amide bonds. The van der Waals surface area contributed by atoms with Gasteiger partial charge in [-0.3, -0.25) is 0 Å². The Morgan fingerprint density at radius 3 is 2.00 bits per heavy atom. The van der Waals surface area contributed by atoms with Gasteiger partial charge < -0.3 is 16.6 Å². The summed E-state index contributed by atoms with van der Waals surface area (Å²) in [6.07, 6.45) is 0. The van der Waals surface area contributed by atoms with Gasteiger partial charge in [-0.15, -0.1) is 0 Å². The Morgan fingerprint density at radius 2 is 1.58 bits per heavy atom. The number of benzene rings is 1. The predicted molar refractivity (Wildman–Crippen MR) is 49.0 cm³/mol. The minimum absolute atomic E-state index is 0.200. The van der Waals surface area contributed by atoms with Crippen LogP contribution in [0.25, 0.3) is 0 Å². The molecule has 0 aliphatic carbocycles. The Balaban J connectivity index is 2.80. The van der Waals surface area contributed by atoms with Crippen molar-refractivity contribution in [1.82, 2.24) is 0 Å². The Morgan fingerprint density at radius 1 is 1.08 bits per heavy atom. The molecule has 3 heteroatoms. The summed E-state index contributed by atoms with van der Waals surface area (Å²) in [4.78, 5) is 0. The summed E-state index contributed by atoms with van der Waals surface area (Å²) in [6, 6.07) is 6.99. The van der Waals surface area contributed by atoms with Crippen LogP contribution >= 0.6 is 0 Å². The molecule has 0 aromatic heterocycles. The van der Waals surface area contributed by atoms with Gasteiger partial charge in [0, 0.05) is 19.0 Å². The van der Waals surface area contributed by atoms with Crippen molar-refractivity contribution >= 4 is 0 Å². The summed E-state index contributed by atoms with van der Waals surface area (Å²) in [5.74, 6) is 0.470. The van der Waals surface area contributed by atoms with Crippen LogP contribution in [0.5, 0.6) is 5.75 Å². The molecule has 0 radical (unpaired) electrons. The van der Waals surface area contributed by atoms with E-state index in [-0.39, 0.29) is 11.7 Å². The van der Waals surface area contributed by atoms with Crippen molar-refractivity contribution in [3.05, 3.63) is 29.8 Å². The van der Waals surface area contributed by atoms with Gasteiger partial charge in [-0.05, 0) is 17.7 Å². The van der Waals surface area contributed by atoms with E-state index in [1.165, 1.54) is 0 Å². The summed E-state index contributed by atoms with van der Waals surface area (Å²) in [6.45, 7) is 1.09. The molecule has 1 rings (SSSR count). The lowest BCUT2D eigenvalue weighted by atomic mass is 10.00. The summed E-state index contributed by atoms with van der Waals surface area (Å²) in [5, 5.41) is 9.02. The number of phenols is 1. The molecule has 1 aromatic carbocycles. The van der Waals surface area contributed by atoms with Gasteiger partial charge in [-0.25, -0.2) is 0 Å². The minimum Gasteiger partial charge on any atom is -0.508 e. The average molecular weight is 166 g/mol. The monoisotopic (exact) mass is 166 g/mol. The molecule has 0 saturated heterocycles. The van der Waals surface area contributed by atoms with E-state index < -0.39 is 0 Å². The highest BCUT2D eigenvalue weighted by molar-refractivity contribution is 5.28. The number of hydrogen-bond donors (Lipinski definition) is 3. The highest BCUT2D eigenvalue weighted by Gasteiger charge is 2.06. The van der Waals surface area contributed by atoms with Crippen molar-refractivity contribution < 1.29 is 5.11 Å². The van der Waals surface area contributed by atoms with Crippen LogP contribution in [0, 0.1) is 0 Å². The molecule has 1 aromatic rings. The van der Waals surface area contributed by atoms with Crippen LogP contribution in [0.2, 0.25) is 0 Å². The third-order valence-electron chi connectivity index (χ3n) is 1.93. The molecule has 0 unspecified atom stereocenters. The minimum atomic E-state index is 0.200. The molecule has 0 aliphatic rings. The van der Waals surface area contributed by atoms with Crippen molar-refractivity contribution in [3.63, 3.8) is 0 Å². The van der Waals surface area contributed by atoms with Crippen LogP contribution in [0.1, 0.15) is 11.5 Å². The van der Waals surface area contributed by atoms with E-state index >= 15 is 0 Å². The highest BCUT2D eigenvalue weighted by Crippen LogP contribution is 2.16. The van der Waals surface area contributed by atoms with Gasteiger partial charge >= 0.3 is 0 Å². The predicted octanol–water partition coefficient (Wildman–Crippen LogP) is 0.393. The molecule has 0 saturated carbocycles. The standard InChI is InChI=1S/C9H14N2O/c10-5-8(6-11)7-1-3-9(12)4-2-7/h1-4,8,12H,5-6,10-11H2. The number of aromatic hydroxyl groups is 1. The van der Waals surface area contributed by atoms with Gasteiger partial charge in [-0.1, -0.05) is 12.1 Å². The van der Waals surface area contributed by atoms with Gasteiger partial charge in [0.1, 0.15) is 5.75 Å². The second-order valence-electron chi connectivity index (χ2n) is 2.76. The van der Waals surface area contributed by atoms with E-state index in [1.807, 2.05) is 12.1 Å². The molecule has 0 atom stereocenters. The average Bonchev–Trinajstić information content (AvgIpc) is 2.10. The molecule has 0 fully saturated rings. The molecule has 0 aliphatic heterocycles. The quantitative estimate of drug-likeness (QED) is 0.608. The normalized spacial score (nSPS) is 10.6. The topological polar surface area (TPSA) is 72.3 Å². The maximum absolute atomic E-state index is 9.02. The van der Waals surface area contributed by atoms with E-state index in [1.54, 1.807) is 12.1 Å². The zero-order chi connectivity index (χ0) is 8.97. The maximum Gasteiger partial charge on any atom is 0.115 e. The Kier molecular flexibility index (Phi) is 3.08. The van der Waals surface area contributed by atoms with Crippen LogP contribution < -0.4 is 11.5 Å². The first-order valence-corrected chi connectivity index (χ1v) is 3.97. The van der Waals surface area contributed by atoms with Crippen molar-refractivity contribution in [2.75, 3.05) is 13.1 Å². The second kappa shape index (κ2) is 4.09. The fourth-order valence-electron chi connectivity index (χ4n) is 1.11. The van der Waals surface area contributed by atoms with E-state index in [2.05, 4.69) is 0 Å². The molecular weight excluding hydrogens is 152 g/mol. The molecule has 12 heavy (non-hydrogen) atoms. The Bertz CT molecular complexity index is 229. The van der Waals surface area contributed by atoms with Crippen LogP contribution in [-0.4, -0.2) is 18.2 Å². The fraction of sp³-hybridized carbons (Fsp3) is 0.333. The van der Waals surface area contributed by atoms with Gasteiger partial charge in [0.25, 0.3) is 0 Å². The van der Waals surface area contributed by atoms with Crippen LogP contribution in [0.4, 0.5) is 0 Å². The first kappa shape index (κ1) is 9.03. The lowest BCUT2D eigenvalue weighted by Gasteiger charge is -2.11. The summed E-state index contributed by atoms with van der Waals surface area (Å²) >= 11 is 0. The molecule has 0 spiro atoms. The molecule has 0 bridgehead atoms. The van der Waals surface area contributed by atoms with Crippen LogP contribution in [0.3, 0.4) is 0 Å². The molecule has 5 N–H and O–H groups in total. The zero-order valence-electron chi connectivity index (χ0n) is 6.90. The number of phenolic OH excluding ortho intramolecular Hbond substituents is 1. The highest BCUT2D eigenvalue weighted by atomic mass is 16.3. The maximum atomic E-state index is 9.02. The molecule has 66 valence electrons. The number of nitrogens with two attached hydrogens (primary N) is 2. The zero-order valence-corrected chi connectivity index (χ0v) is 6.90. The van der Waals surface area contributed by atoms with Gasteiger partial charge in [0.15, 0.2) is 0 Å². The largest absolute Gasteiger partial charge is 0.508 e. The van der Waals surface area contributed by atoms with Crippen molar-refractivity contribution in [3.8, 4) is 5.75 Å². The van der Waals surface area contributed by atoms with Crippen molar-refractivity contribution in [2.24, 2.45) is 11.5 Å². The number of hydrogen-bond acceptors (Lipinski definition) is 3. The van der Waals surface area contributed by atoms with E-state index in [0.29, 0.717) is 13.1 Å². The first-order chi connectivity index (χ1) is 5.77. The summed E-state index contributed by atoms with van der Waals surface area (Å²) in [5.41, 5.74) is 12.1. The smallest absolute Gasteiger partial charge is 0.115 e. The van der Waals surface area contributed by atoms with Crippen molar-refractivity contribution in [2.45, 2.75) is 5.92 Å². The van der Waals surface area contributed by atoms with Crippen LogP contribution in [0.15, 0.2) is 24.3 Å². The van der Waals surface area contributed by atoms with Crippen LogP contribution in [-0.2, 0) is 0 Å². The SMILES string of the molecule is NCC(CN)c1ccc(O)cc1. The Hall–Kier alpha value is -1.06. The Labute approximate surface area is 72.0 Å². The first-order valence-electron chi connectivity index (χ1n) is 3.97. The third-order valence-corrected chi connectivity index (χ3v) is 1.93. The van der Waals surface area contributed by atoms with Gasteiger partial charge in [0.05, 0.1) is 0 Å². The lowest BCUT2D eigenvalue weighted by Crippen LogP contribution is -2.20. The van der Waals surface area contributed by atoms with Gasteiger partial charge in [0.2, 0.25) is 0 Å². The van der Waals surface area contributed by atoms with E-state index in [9.17, 15) is 0 Å². The molecule has 0 heterocycles.